The Hall–Kier alpha value is -8.19. The minimum absolute atomic E-state index is 0.0196. The summed E-state index contributed by atoms with van der Waals surface area (Å²) >= 11 is 1.67. The first-order chi connectivity index (χ1) is 32.9. The van der Waals surface area contributed by atoms with Crippen LogP contribution in [-0.2, 0) is 0 Å². The molecule has 0 saturated heterocycles. The van der Waals surface area contributed by atoms with Gasteiger partial charge in [-0.05, 0) is 53.1 Å². The fourth-order valence-electron chi connectivity index (χ4n) is 9.09. The van der Waals surface area contributed by atoms with Crippen molar-refractivity contribution in [2.45, 2.75) is 0 Å². The first-order valence-corrected chi connectivity index (χ1v) is 21.6. The molecule has 0 aliphatic carbocycles. The molecular formula is C57H34N4OS. The summed E-state index contributed by atoms with van der Waals surface area (Å²) < 4.78 is 48.9. The van der Waals surface area contributed by atoms with E-state index in [-0.39, 0.29) is 41.1 Å². The predicted molar refractivity (Wildman–Crippen MR) is 262 cm³/mol. The second-order valence-electron chi connectivity index (χ2n) is 15.6. The average molecular weight is 827 g/mol. The van der Waals surface area contributed by atoms with Gasteiger partial charge >= 0.3 is 0 Å². The second kappa shape index (κ2) is 14.2. The zero-order chi connectivity index (χ0) is 44.9. The minimum atomic E-state index is -0.265. The van der Waals surface area contributed by atoms with E-state index in [2.05, 4.69) is 108 Å². The number of hydrogen-bond donors (Lipinski definition) is 0. The van der Waals surface area contributed by atoms with Crippen LogP contribution in [0.5, 0.6) is 0 Å². The van der Waals surface area contributed by atoms with Crippen LogP contribution >= 0.6 is 11.3 Å². The molecule has 13 rings (SSSR count). The quantitative estimate of drug-likeness (QED) is 0.168. The first kappa shape index (κ1) is 31.7. The zero-order valence-electron chi connectivity index (χ0n) is 37.4. The largest absolute Gasteiger partial charge is 0.455 e. The third-order valence-electron chi connectivity index (χ3n) is 11.9. The molecule has 0 fully saturated rings. The maximum absolute atomic E-state index is 9.59. The molecule has 4 aromatic heterocycles. The fourth-order valence-corrected chi connectivity index (χ4v) is 10.3. The van der Waals surface area contributed by atoms with Gasteiger partial charge in [-0.1, -0.05) is 170 Å². The van der Waals surface area contributed by atoms with Gasteiger partial charge in [0.25, 0.3) is 0 Å². The summed E-state index contributed by atoms with van der Waals surface area (Å²) in [5.41, 5.74) is 8.47. The molecule has 5 nitrogen and oxygen atoms in total. The fraction of sp³-hybridized carbons (Fsp3) is 0. The lowest BCUT2D eigenvalue weighted by Gasteiger charge is -2.13. The van der Waals surface area contributed by atoms with Crippen molar-refractivity contribution in [3.8, 4) is 62.1 Å². The molecule has 0 atom stereocenters. The Balaban J connectivity index is 1.10. The average Bonchev–Trinajstić information content (AvgIpc) is 4.06. The van der Waals surface area contributed by atoms with E-state index in [9.17, 15) is 5.48 Å². The predicted octanol–water partition coefficient (Wildman–Crippen LogP) is 15.6. The smallest absolute Gasteiger partial charge is 0.165 e. The topological polar surface area (TPSA) is 56.7 Å². The molecule has 0 saturated carbocycles. The van der Waals surface area contributed by atoms with Crippen LogP contribution in [0.25, 0.3) is 126 Å². The monoisotopic (exact) mass is 826 g/mol. The van der Waals surface area contributed by atoms with E-state index < -0.39 is 0 Å². The SMILES string of the molecule is [2H]c1c([2H])c(-c2cccc3c2oc2ccccc23)c([2H])c([2H])c1-c1nc(-c2ccccc2)nc(-c2cc(-n3c4ccccc4c4ccccc43)cc3c2sc2cccc(-c4ccccc4)c23)n1. The molecule has 0 amide bonds. The molecule has 0 spiro atoms. The van der Waals surface area contributed by atoms with Crippen LogP contribution in [0.1, 0.15) is 5.48 Å². The molecule has 294 valence electrons. The number of para-hydroxylation sites is 4. The third kappa shape index (κ3) is 5.73. The number of fused-ring (bicyclic) bond motifs is 9. The van der Waals surface area contributed by atoms with Gasteiger partial charge in [-0.2, -0.15) is 0 Å². The van der Waals surface area contributed by atoms with Crippen LogP contribution in [0.2, 0.25) is 0 Å². The zero-order valence-corrected chi connectivity index (χ0v) is 34.2. The molecule has 0 N–H and O–H groups in total. The lowest BCUT2D eigenvalue weighted by molar-refractivity contribution is 0.670. The van der Waals surface area contributed by atoms with Gasteiger partial charge in [0.1, 0.15) is 11.2 Å². The van der Waals surface area contributed by atoms with Gasteiger partial charge in [0.2, 0.25) is 0 Å². The van der Waals surface area contributed by atoms with Crippen LogP contribution in [0.3, 0.4) is 0 Å². The van der Waals surface area contributed by atoms with Crippen molar-refractivity contribution in [1.82, 2.24) is 19.5 Å². The van der Waals surface area contributed by atoms with Crippen LogP contribution in [0, 0.1) is 0 Å². The number of aromatic nitrogens is 4. The first-order valence-electron chi connectivity index (χ1n) is 22.8. The van der Waals surface area contributed by atoms with Gasteiger partial charge in [0.15, 0.2) is 17.5 Å². The molecule has 63 heavy (non-hydrogen) atoms. The number of rotatable bonds is 6. The Labute approximate surface area is 371 Å². The minimum Gasteiger partial charge on any atom is -0.455 e. The molecule has 0 unspecified atom stereocenters. The molecule has 0 radical (unpaired) electrons. The van der Waals surface area contributed by atoms with E-state index in [1.165, 1.54) is 0 Å². The van der Waals surface area contributed by atoms with Crippen molar-refractivity contribution in [2.24, 2.45) is 0 Å². The van der Waals surface area contributed by atoms with Gasteiger partial charge in [-0.15, -0.1) is 11.3 Å². The Morgan fingerprint density at radius 2 is 1.00 bits per heavy atom. The summed E-state index contributed by atoms with van der Waals surface area (Å²) in [4.78, 5) is 15.4. The van der Waals surface area contributed by atoms with E-state index in [1.54, 1.807) is 17.4 Å². The van der Waals surface area contributed by atoms with Crippen LogP contribution in [0.15, 0.2) is 211 Å². The van der Waals surface area contributed by atoms with Crippen molar-refractivity contribution in [1.29, 1.82) is 0 Å². The molecule has 9 aromatic carbocycles. The van der Waals surface area contributed by atoms with Gasteiger partial charge in [-0.3, -0.25) is 0 Å². The second-order valence-corrected chi connectivity index (χ2v) is 16.6. The van der Waals surface area contributed by atoms with E-state index in [1.807, 2.05) is 72.8 Å². The van der Waals surface area contributed by atoms with Crippen molar-refractivity contribution < 1.29 is 9.90 Å². The van der Waals surface area contributed by atoms with E-state index in [0.717, 1.165) is 75.1 Å². The maximum Gasteiger partial charge on any atom is 0.165 e. The normalized spacial score (nSPS) is 12.7. The van der Waals surface area contributed by atoms with E-state index in [0.29, 0.717) is 33.9 Å². The van der Waals surface area contributed by atoms with Crippen molar-refractivity contribution in [3.63, 3.8) is 0 Å². The summed E-state index contributed by atoms with van der Waals surface area (Å²) in [5, 5.41) is 6.16. The molecule has 4 heterocycles. The van der Waals surface area contributed by atoms with Crippen molar-refractivity contribution >= 4 is 75.3 Å². The highest BCUT2D eigenvalue weighted by Gasteiger charge is 2.22. The summed E-state index contributed by atoms with van der Waals surface area (Å²) in [6.45, 7) is 0. The highest BCUT2D eigenvalue weighted by atomic mass is 32.1. The third-order valence-corrected chi connectivity index (χ3v) is 13.1. The molecule has 0 aliphatic heterocycles. The number of furan rings is 1. The summed E-state index contributed by atoms with van der Waals surface area (Å²) in [6, 6.07) is 60.1. The Morgan fingerprint density at radius 3 is 1.75 bits per heavy atom. The molecular weight excluding hydrogens is 789 g/mol. The Kier molecular flexibility index (Phi) is 7.13. The highest BCUT2D eigenvalue weighted by Crippen LogP contribution is 2.46. The molecule has 0 aliphatic rings. The number of nitrogens with zero attached hydrogens (tertiary/aromatic N) is 4. The van der Waals surface area contributed by atoms with Gasteiger partial charge in [-0.25, -0.2) is 15.0 Å². The lowest BCUT2D eigenvalue weighted by Crippen LogP contribution is -2.01. The summed E-state index contributed by atoms with van der Waals surface area (Å²) in [5.74, 6) is 0.725. The number of thiophene rings is 1. The standard InChI is InChI=1S/C57H34N4OS/c1-3-15-35(16-4-1)40-22-14-28-51-52(40)46-33-39(61-48-25-10-7-19-42(48)43-20-8-11-26-49(43)61)34-47(54(46)63-51)57-59-55(37-17-5-2-6-18-37)58-56(60-57)38-31-29-36(30-32-38)41-23-13-24-45-44-21-9-12-27-50(44)62-53(41)45/h1-34H/i29D,30D,31D,32D. The summed E-state index contributed by atoms with van der Waals surface area (Å²) in [7, 11) is 0. The van der Waals surface area contributed by atoms with Crippen LogP contribution in [0.4, 0.5) is 0 Å². The summed E-state index contributed by atoms with van der Waals surface area (Å²) in [6.07, 6.45) is 0. The highest BCUT2D eigenvalue weighted by molar-refractivity contribution is 7.26. The number of benzene rings is 9. The molecule has 13 aromatic rings. The van der Waals surface area contributed by atoms with E-state index in [4.69, 9.17) is 19.4 Å². The lowest BCUT2D eigenvalue weighted by atomic mass is 9.98. The maximum atomic E-state index is 9.59. The Bertz CT molecular complexity index is 4080. The Morgan fingerprint density at radius 1 is 0.429 bits per heavy atom. The van der Waals surface area contributed by atoms with Gasteiger partial charge in [0, 0.05) is 69.7 Å². The van der Waals surface area contributed by atoms with Crippen LogP contribution in [-0.4, -0.2) is 19.5 Å². The van der Waals surface area contributed by atoms with Crippen molar-refractivity contribution in [3.05, 3.63) is 206 Å². The number of hydrogen-bond acceptors (Lipinski definition) is 5. The van der Waals surface area contributed by atoms with Gasteiger partial charge in [0.05, 0.1) is 16.5 Å². The van der Waals surface area contributed by atoms with Crippen molar-refractivity contribution in [2.75, 3.05) is 0 Å². The van der Waals surface area contributed by atoms with E-state index >= 15 is 0 Å². The molecule has 0 bridgehead atoms. The van der Waals surface area contributed by atoms with Crippen LogP contribution < -0.4 is 0 Å². The van der Waals surface area contributed by atoms with Gasteiger partial charge < -0.3 is 8.98 Å². The molecule has 6 heteroatoms.